The molecule has 0 unspecified atom stereocenters. The second-order valence-electron chi connectivity index (χ2n) is 6.16. The van der Waals surface area contributed by atoms with Crippen molar-refractivity contribution in [1.29, 1.82) is 0 Å². The molecule has 2 amide bonds. The van der Waals surface area contributed by atoms with Gasteiger partial charge in [-0.15, -0.1) is 0 Å². The van der Waals surface area contributed by atoms with Crippen LogP contribution in [0.5, 0.6) is 0 Å². The molecule has 122 valence electrons. The third kappa shape index (κ3) is 4.63. The van der Waals surface area contributed by atoms with Crippen molar-refractivity contribution in [3.63, 3.8) is 0 Å². The maximum Gasteiger partial charge on any atom is 0.317 e. The largest absolute Gasteiger partial charge is 0.396 e. The van der Waals surface area contributed by atoms with Crippen LogP contribution in [0.15, 0.2) is 24.3 Å². The van der Waals surface area contributed by atoms with Gasteiger partial charge in [-0.25, -0.2) is 4.79 Å². The minimum atomic E-state index is 0.0151. The fourth-order valence-electron chi connectivity index (χ4n) is 2.70. The molecule has 0 spiro atoms. The summed E-state index contributed by atoms with van der Waals surface area (Å²) in [5.74, 6) is 0.360. The van der Waals surface area contributed by atoms with Crippen LogP contribution < -0.4 is 10.2 Å². The van der Waals surface area contributed by atoms with E-state index in [1.165, 1.54) is 11.3 Å². The van der Waals surface area contributed by atoms with E-state index in [9.17, 15) is 4.79 Å². The molecule has 1 aliphatic rings. The fourth-order valence-corrected chi connectivity index (χ4v) is 2.70. The SMILES string of the molecule is CN(C)c1ccc(CCNC(=O)N2CCC(CO)CC2)cc1. The molecule has 0 saturated carbocycles. The third-order valence-corrected chi connectivity index (χ3v) is 4.30. The van der Waals surface area contributed by atoms with E-state index >= 15 is 0 Å². The van der Waals surface area contributed by atoms with Gasteiger partial charge in [0.05, 0.1) is 0 Å². The van der Waals surface area contributed by atoms with Crippen molar-refractivity contribution in [2.75, 3.05) is 45.2 Å². The van der Waals surface area contributed by atoms with E-state index < -0.39 is 0 Å². The molecule has 1 fully saturated rings. The number of nitrogens with zero attached hydrogens (tertiary/aromatic N) is 2. The number of hydrogen-bond acceptors (Lipinski definition) is 3. The zero-order valence-corrected chi connectivity index (χ0v) is 13.6. The summed E-state index contributed by atoms with van der Waals surface area (Å²) in [6.07, 6.45) is 2.64. The summed E-state index contributed by atoms with van der Waals surface area (Å²) in [6.45, 7) is 2.38. The number of anilines is 1. The van der Waals surface area contributed by atoms with Gasteiger partial charge in [0.15, 0.2) is 0 Å². The molecule has 1 heterocycles. The Bertz CT molecular complexity index is 465. The standard InChI is InChI=1S/C17H27N3O2/c1-19(2)16-5-3-14(4-6-16)7-10-18-17(22)20-11-8-15(13-21)9-12-20/h3-6,15,21H,7-13H2,1-2H3,(H,18,22). The summed E-state index contributed by atoms with van der Waals surface area (Å²) in [4.78, 5) is 16.0. The van der Waals surface area contributed by atoms with Crippen LogP contribution in [0, 0.1) is 5.92 Å². The number of piperidine rings is 1. The number of urea groups is 1. The molecule has 1 aliphatic heterocycles. The van der Waals surface area contributed by atoms with Crippen LogP contribution in [0.1, 0.15) is 18.4 Å². The first-order valence-corrected chi connectivity index (χ1v) is 8.00. The van der Waals surface area contributed by atoms with Gasteiger partial charge in [0, 0.05) is 46.0 Å². The molecule has 0 radical (unpaired) electrons. The highest BCUT2D eigenvalue weighted by Crippen LogP contribution is 2.16. The Kier molecular flexibility index (Phi) is 6.07. The summed E-state index contributed by atoms with van der Waals surface area (Å²) in [5.41, 5.74) is 2.41. The normalized spacial score (nSPS) is 15.7. The minimum absolute atomic E-state index is 0.0151. The number of aliphatic hydroxyl groups excluding tert-OH is 1. The lowest BCUT2D eigenvalue weighted by atomic mass is 9.98. The van der Waals surface area contributed by atoms with Crippen LogP contribution >= 0.6 is 0 Å². The Balaban J connectivity index is 1.71. The number of hydrogen-bond donors (Lipinski definition) is 2. The molecule has 1 aromatic carbocycles. The predicted octanol–water partition coefficient (Wildman–Crippen LogP) is 1.71. The Labute approximate surface area is 132 Å². The molecular formula is C17H27N3O2. The number of rotatable bonds is 5. The maximum absolute atomic E-state index is 12.1. The minimum Gasteiger partial charge on any atom is -0.396 e. The number of amides is 2. The first-order valence-electron chi connectivity index (χ1n) is 8.00. The van der Waals surface area contributed by atoms with Crippen LogP contribution in [-0.4, -0.2) is 56.4 Å². The molecule has 22 heavy (non-hydrogen) atoms. The molecule has 5 heteroatoms. The van der Waals surface area contributed by atoms with E-state index in [0.717, 1.165) is 32.4 Å². The molecule has 2 rings (SSSR count). The number of likely N-dealkylation sites (tertiary alicyclic amines) is 1. The molecular weight excluding hydrogens is 278 g/mol. The van der Waals surface area contributed by atoms with Gasteiger partial charge >= 0.3 is 6.03 Å². The van der Waals surface area contributed by atoms with Crippen molar-refractivity contribution in [3.8, 4) is 0 Å². The average molecular weight is 305 g/mol. The van der Waals surface area contributed by atoms with Gasteiger partial charge in [-0.2, -0.15) is 0 Å². The Morgan fingerprint density at radius 1 is 1.27 bits per heavy atom. The number of nitrogens with one attached hydrogen (secondary N) is 1. The maximum atomic E-state index is 12.1. The van der Waals surface area contributed by atoms with Crippen molar-refractivity contribution < 1.29 is 9.90 Å². The van der Waals surface area contributed by atoms with Gasteiger partial charge in [-0.05, 0) is 42.9 Å². The first kappa shape index (κ1) is 16.6. The Hall–Kier alpha value is -1.75. The van der Waals surface area contributed by atoms with E-state index in [0.29, 0.717) is 12.5 Å². The second kappa shape index (κ2) is 8.03. The van der Waals surface area contributed by atoms with E-state index in [4.69, 9.17) is 5.11 Å². The molecule has 1 saturated heterocycles. The smallest absolute Gasteiger partial charge is 0.317 e. The predicted molar refractivity (Wildman–Crippen MR) is 89.3 cm³/mol. The zero-order valence-electron chi connectivity index (χ0n) is 13.6. The van der Waals surface area contributed by atoms with Crippen molar-refractivity contribution >= 4 is 11.7 Å². The zero-order chi connectivity index (χ0) is 15.9. The lowest BCUT2D eigenvalue weighted by Gasteiger charge is -2.31. The molecule has 5 nitrogen and oxygen atoms in total. The highest BCUT2D eigenvalue weighted by atomic mass is 16.3. The Morgan fingerprint density at radius 3 is 2.45 bits per heavy atom. The van der Waals surface area contributed by atoms with Gasteiger partial charge < -0.3 is 20.2 Å². The Morgan fingerprint density at radius 2 is 1.91 bits per heavy atom. The number of carbonyl (C=O) groups excluding carboxylic acids is 1. The molecule has 0 atom stereocenters. The monoisotopic (exact) mass is 305 g/mol. The van der Waals surface area contributed by atoms with Crippen LogP contribution in [0.3, 0.4) is 0 Å². The van der Waals surface area contributed by atoms with Gasteiger partial charge in [-0.1, -0.05) is 12.1 Å². The summed E-state index contributed by atoms with van der Waals surface area (Å²) < 4.78 is 0. The molecule has 0 aliphatic carbocycles. The van der Waals surface area contributed by atoms with Crippen LogP contribution in [0.4, 0.5) is 10.5 Å². The lowest BCUT2D eigenvalue weighted by molar-refractivity contribution is 0.137. The summed E-state index contributed by atoms with van der Waals surface area (Å²) in [6, 6.07) is 8.41. The molecule has 0 aromatic heterocycles. The van der Waals surface area contributed by atoms with Crippen LogP contribution in [0.25, 0.3) is 0 Å². The van der Waals surface area contributed by atoms with E-state index in [2.05, 4.69) is 34.5 Å². The van der Waals surface area contributed by atoms with Gasteiger partial charge in [0.1, 0.15) is 0 Å². The average Bonchev–Trinajstić information content (AvgIpc) is 2.55. The molecule has 2 N–H and O–H groups in total. The second-order valence-corrected chi connectivity index (χ2v) is 6.16. The summed E-state index contributed by atoms with van der Waals surface area (Å²) in [7, 11) is 4.05. The topological polar surface area (TPSA) is 55.8 Å². The summed E-state index contributed by atoms with van der Waals surface area (Å²) in [5, 5.41) is 12.1. The van der Waals surface area contributed by atoms with E-state index in [1.54, 1.807) is 0 Å². The lowest BCUT2D eigenvalue weighted by Crippen LogP contribution is -2.45. The number of aliphatic hydroxyl groups is 1. The van der Waals surface area contributed by atoms with Crippen molar-refractivity contribution in [2.24, 2.45) is 5.92 Å². The van der Waals surface area contributed by atoms with Crippen LogP contribution in [0.2, 0.25) is 0 Å². The van der Waals surface area contributed by atoms with E-state index in [-0.39, 0.29) is 12.6 Å². The quantitative estimate of drug-likeness (QED) is 0.871. The first-order chi connectivity index (χ1) is 10.6. The van der Waals surface area contributed by atoms with Gasteiger partial charge in [0.2, 0.25) is 0 Å². The fraction of sp³-hybridized carbons (Fsp3) is 0.588. The van der Waals surface area contributed by atoms with Gasteiger partial charge in [0.25, 0.3) is 0 Å². The van der Waals surface area contributed by atoms with Crippen molar-refractivity contribution in [2.45, 2.75) is 19.3 Å². The highest BCUT2D eigenvalue weighted by Gasteiger charge is 2.21. The molecule has 0 bridgehead atoms. The van der Waals surface area contributed by atoms with Crippen molar-refractivity contribution in [1.82, 2.24) is 10.2 Å². The van der Waals surface area contributed by atoms with Gasteiger partial charge in [-0.3, -0.25) is 0 Å². The number of carbonyl (C=O) groups is 1. The summed E-state index contributed by atoms with van der Waals surface area (Å²) >= 11 is 0. The van der Waals surface area contributed by atoms with Crippen LogP contribution in [-0.2, 0) is 6.42 Å². The number of benzene rings is 1. The van der Waals surface area contributed by atoms with E-state index in [1.807, 2.05) is 19.0 Å². The highest BCUT2D eigenvalue weighted by molar-refractivity contribution is 5.74. The molecule has 1 aromatic rings. The van der Waals surface area contributed by atoms with Crippen molar-refractivity contribution in [3.05, 3.63) is 29.8 Å². The third-order valence-electron chi connectivity index (χ3n) is 4.30.